The van der Waals surface area contributed by atoms with Gasteiger partial charge in [0, 0.05) is 26.6 Å². The molecule has 0 radical (unpaired) electrons. The highest BCUT2D eigenvalue weighted by Crippen LogP contribution is 2.32. The number of hydrogen-bond acceptors (Lipinski definition) is 5. The van der Waals surface area contributed by atoms with Crippen LogP contribution in [0, 0.1) is 5.82 Å². The molecule has 1 aromatic heterocycles. The molecule has 2 aliphatic rings. The van der Waals surface area contributed by atoms with E-state index in [1.807, 2.05) is 9.47 Å². The summed E-state index contributed by atoms with van der Waals surface area (Å²) in [4.78, 5) is 27.8. The maximum atomic E-state index is 12.9. The number of fused-ring (bicyclic) bond motifs is 1. The van der Waals surface area contributed by atoms with Crippen molar-refractivity contribution in [1.82, 2.24) is 24.6 Å². The molecule has 1 saturated heterocycles. The van der Waals surface area contributed by atoms with Crippen molar-refractivity contribution in [3.8, 4) is 5.75 Å². The van der Waals surface area contributed by atoms with Crippen LogP contribution in [0.1, 0.15) is 37.5 Å². The third-order valence-electron chi connectivity index (χ3n) is 5.27. The topological polar surface area (TPSA) is 80.6 Å². The summed E-state index contributed by atoms with van der Waals surface area (Å²) in [5, 5.41) is 8.58. The number of rotatable bonds is 4. The van der Waals surface area contributed by atoms with Crippen LogP contribution in [0.4, 0.5) is 4.39 Å². The number of nitrogens with zero attached hydrogens (tertiary/aromatic N) is 5. The van der Waals surface area contributed by atoms with Crippen LogP contribution in [-0.4, -0.2) is 56.1 Å². The predicted octanol–water partition coefficient (Wildman–Crippen LogP) is 1.52. The summed E-state index contributed by atoms with van der Waals surface area (Å²) in [6.45, 7) is 3.66. The quantitative estimate of drug-likeness (QED) is 0.795. The minimum absolute atomic E-state index is 0.0391. The lowest BCUT2D eigenvalue weighted by atomic mass is 10.2. The summed E-state index contributed by atoms with van der Waals surface area (Å²) >= 11 is 0. The largest absolute Gasteiger partial charge is 0.484 e. The first-order valence-corrected chi connectivity index (χ1v) is 9.38. The van der Waals surface area contributed by atoms with E-state index in [0.717, 1.165) is 25.2 Å². The zero-order chi connectivity index (χ0) is 19.7. The summed E-state index contributed by atoms with van der Waals surface area (Å²) in [5.41, 5.74) is 0. The van der Waals surface area contributed by atoms with Crippen molar-refractivity contribution in [2.75, 3.05) is 19.7 Å². The lowest BCUT2D eigenvalue weighted by Gasteiger charge is -2.29. The third kappa shape index (κ3) is 3.56. The second-order valence-corrected chi connectivity index (χ2v) is 7.05. The molecule has 4 rings (SSSR count). The van der Waals surface area contributed by atoms with Crippen molar-refractivity contribution in [2.24, 2.45) is 0 Å². The monoisotopic (exact) mass is 387 g/mol. The summed E-state index contributed by atoms with van der Waals surface area (Å²) in [6.07, 6.45) is 1.84. The molecule has 28 heavy (non-hydrogen) atoms. The van der Waals surface area contributed by atoms with Gasteiger partial charge >= 0.3 is 0 Å². The Balaban J connectivity index is 1.40. The Bertz CT molecular complexity index is 882. The minimum Gasteiger partial charge on any atom is -0.484 e. The van der Waals surface area contributed by atoms with Gasteiger partial charge in [0.1, 0.15) is 11.6 Å². The number of amides is 2. The molecule has 2 aliphatic heterocycles. The van der Waals surface area contributed by atoms with Crippen LogP contribution in [0.25, 0.3) is 0 Å². The number of carbonyl (C=O) groups is 2. The number of carbonyl (C=O) groups excluding carboxylic acids is 2. The maximum Gasteiger partial charge on any atom is 0.260 e. The number of ether oxygens (including phenoxy) is 1. The van der Waals surface area contributed by atoms with Crippen molar-refractivity contribution < 1.29 is 18.7 Å². The van der Waals surface area contributed by atoms with Crippen molar-refractivity contribution in [1.29, 1.82) is 0 Å². The van der Waals surface area contributed by atoms with Crippen LogP contribution in [0.2, 0.25) is 0 Å². The standard InChI is InChI=1S/C19H22FN5O3/c1-13(26)24-8-2-3-16(24)19-22-21-17-11-23(9-10-25(17)19)18(27)12-28-15-6-4-14(20)5-7-15/h4-7,16H,2-3,8-12H2,1H3/t16-/m1/s1. The Morgan fingerprint density at radius 3 is 2.71 bits per heavy atom. The van der Waals surface area contributed by atoms with Gasteiger partial charge in [-0.1, -0.05) is 0 Å². The van der Waals surface area contributed by atoms with Gasteiger partial charge in [0.15, 0.2) is 18.3 Å². The Hall–Kier alpha value is -2.97. The van der Waals surface area contributed by atoms with Crippen LogP contribution in [0.3, 0.4) is 0 Å². The number of likely N-dealkylation sites (tertiary alicyclic amines) is 1. The Labute approximate surface area is 161 Å². The van der Waals surface area contributed by atoms with Crippen LogP contribution < -0.4 is 4.74 Å². The molecule has 148 valence electrons. The first kappa shape index (κ1) is 18.4. The summed E-state index contributed by atoms with van der Waals surface area (Å²) in [6, 6.07) is 5.52. The molecule has 0 bridgehead atoms. The smallest absolute Gasteiger partial charge is 0.260 e. The number of aromatic nitrogens is 3. The first-order chi connectivity index (χ1) is 13.5. The zero-order valence-corrected chi connectivity index (χ0v) is 15.7. The van der Waals surface area contributed by atoms with E-state index < -0.39 is 0 Å². The fraction of sp³-hybridized carbons (Fsp3) is 0.474. The molecule has 1 atom stereocenters. The van der Waals surface area contributed by atoms with Crippen LogP contribution >= 0.6 is 0 Å². The Kier molecular flexibility index (Phi) is 4.97. The van der Waals surface area contributed by atoms with E-state index >= 15 is 0 Å². The Morgan fingerprint density at radius 1 is 1.18 bits per heavy atom. The summed E-state index contributed by atoms with van der Waals surface area (Å²) < 4.78 is 20.4. The van der Waals surface area contributed by atoms with E-state index in [1.54, 1.807) is 11.8 Å². The van der Waals surface area contributed by atoms with E-state index in [-0.39, 0.29) is 30.3 Å². The van der Waals surface area contributed by atoms with Crippen molar-refractivity contribution in [3.63, 3.8) is 0 Å². The maximum absolute atomic E-state index is 12.9. The van der Waals surface area contributed by atoms with Gasteiger partial charge < -0.3 is 19.1 Å². The number of benzene rings is 1. The molecule has 0 spiro atoms. The first-order valence-electron chi connectivity index (χ1n) is 9.38. The molecule has 0 saturated carbocycles. The van der Waals surface area contributed by atoms with E-state index in [2.05, 4.69) is 10.2 Å². The van der Waals surface area contributed by atoms with Crippen LogP contribution in [0.5, 0.6) is 5.75 Å². The van der Waals surface area contributed by atoms with Gasteiger partial charge in [0.2, 0.25) is 5.91 Å². The highest BCUT2D eigenvalue weighted by molar-refractivity contribution is 5.77. The molecule has 3 heterocycles. The third-order valence-corrected chi connectivity index (χ3v) is 5.27. The SMILES string of the molecule is CC(=O)N1CCC[C@@H]1c1nnc2n1CCN(C(=O)COc1ccc(F)cc1)C2. The molecule has 2 amide bonds. The fourth-order valence-corrected chi connectivity index (χ4v) is 3.82. The van der Waals surface area contributed by atoms with Gasteiger partial charge in [-0.15, -0.1) is 10.2 Å². The molecule has 8 nitrogen and oxygen atoms in total. The van der Waals surface area contributed by atoms with Gasteiger partial charge in [-0.2, -0.15) is 0 Å². The molecule has 0 N–H and O–H groups in total. The van der Waals surface area contributed by atoms with Gasteiger partial charge in [0.25, 0.3) is 5.91 Å². The molecule has 0 unspecified atom stereocenters. The number of halogens is 1. The van der Waals surface area contributed by atoms with Gasteiger partial charge in [-0.25, -0.2) is 4.39 Å². The molecule has 9 heteroatoms. The lowest BCUT2D eigenvalue weighted by Crippen LogP contribution is -2.41. The van der Waals surface area contributed by atoms with Crippen molar-refractivity contribution >= 4 is 11.8 Å². The summed E-state index contributed by atoms with van der Waals surface area (Å²) in [5.74, 6) is 1.50. The van der Waals surface area contributed by atoms with Gasteiger partial charge in [-0.3, -0.25) is 9.59 Å². The van der Waals surface area contributed by atoms with Crippen LogP contribution in [0.15, 0.2) is 24.3 Å². The van der Waals surface area contributed by atoms with E-state index in [9.17, 15) is 14.0 Å². The lowest BCUT2D eigenvalue weighted by molar-refractivity contribution is -0.134. The molecule has 2 aromatic rings. The van der Waals surface area contributed by atoms with Crippen molar-refractivity contribution in [2.45, 2.75) is 38.9 Å². The van der Waals surface area contributed by atoms with Gasteiger partial charge in [0.05, 0.1) is 12.6 Å². The molecular weight excluding hydrogens is 365 g/mol. The second kappa shape index (κ2) is 7.57. The summed E-state index contributed by atoms with van der Waals surface area (Å²) in [7, 11) is 0. The normalized spacial score (nSPS) is 18.9. The number of hydrogen-bond donors (Lipinski definition) is 0. The van der Waals surface area contributed by atoms with Crippen LogP contribution in [-0.2, 0) is 22.7 Å². The van der Waals surface area contributed by atoms with E-state index in [0.29, 0.717) is 31.2 Å². The highest BCUT2D eigenvalue weighted by atomic mass is 19.1. The fourth-order valence-electron chi connectivity index (χ4n) is 3.82. The molecular formula is C19H22FN5O3. The Morgan fingerprint density at radius 2 is 1.96 bits per heavy atom. The average molecular weight is 387 g/mol. The highest BCUT2D eigenvalue weighted by Gasteiger charge is 2.34. The van der Waals surface area contributed by atoms with E-state index in [1.165, 1.54) is 24.3 Å². The average Bonchev–Trinajstić information content (AvgIpc) is 3.33. The molecule has 1 fully saturated rings. The zero-order valence-electron chi connectivity index (χ0n) is 15.7. The van der Waals surface area contributed by atoms with Crippen molar-refractivity contribution in [3.05, 3.63) is 41.7 Å². The second-order valence-electron chi connectivity index (χ2n) is 7.05. The predicted molar refractivity (Wildman–Crippen MR) is 96.7 cm³/mol. The molecule has 0 aliphatic carbocycles. The minimum atomic E-state index is -0.351. The van der Waals surface area contributed by atoms with Gasteiger partial charge in [-0.05, 0) is 37.1 Å². The van der Waals surface area contributed by atoms with E-state index in [4.69, 9.17) is 4.74 Å². The molecule has 1 aromatic carbocycles.